The molecular formula is C14H23NO2. The van der Waals surface area contributed by atoms with E-state index in [0.717, 1.165) is 17.9 Å². The van der Waals surface area contributed by atoms with Gasteiger partial charge in [0.2, 0.25) is 0 Å². The van der Waals surface area contributed by atoms with Crippen molar-refractivity contribution < 1.29 is 9.47 Å². The van der Waals surface area contributed by atoms with Crippen molar-refractivity contribution in [1.29, 1.82) is 0 Å². The summed E-state index contributed by atoms with van der Waals surface area (Å²) < 4.78 is 10.9. The Bertz CT molecular complexity index is 350. The summed E-state index contributed by atoms with van der Waals surface area (Å²) >= 11 is 0. The quantitative estimate of drug-likeness (QED) is 0.825. The summed E-state index contributed by atoms with van der Waals surface area (Å²) in [7, 11) is 5.34. The Morgan fingerprint density at radius 3 is 2.41 bits per heavy atom. The van der Waals surface area contributed by atoms with Crippen LogP contribution in [0.3, 0.4) is 0 Å². The van der Waals surface area contributed by atoms with Gasteiger partial charge in [-0.15, -0.1) is 0 Å². The average molecular weight is 237 g/mol. The van der Waals surface area contributed by atoms with Crippen LogP contribution < -0.4 is 10.1 Å². The monoisotopic (exact) mass is 237 g/mol. The van der Waals surface area contributed by atoms with Gasteiger partial charge in [0.05, 0.1) is 13.2 Å². The molecule has 0 spiro atoms. The maximum atomic E-state index is 5.48. The smallest absolute Gasteiger partial charge is 0.125 e. The van der Waals surface area contributed by atoms with E-state index in [1.54, 1.807) is 14.2 Å². The Kier molecular flexibility index (Phi) is 5.45. The van der Waals surface area contributed by atoms with E-state index >= 15 is 0 Å². The lowest BCUT2D eigenvalue weighted by Crippen LogP contribution is -2.19. The summed E-state index contributed by atoms with van der Waals surface area (Å²) in [5.41, 5.74) is 2.37. The Morgan fingerprint density at radius 2 is 1.94 bits per heavy atom. The van der Waals surface area contributed by atoms with Crippen LogP contribution in [0.1, 0.15) is 37.0 Å². The van der Waals surface area contributed by atoms with Gasteiger partial charge in [-0.1, -0.05) is 26.0 Å². The number of likely N-dealkylation sites (N-methyl/N-ethyl adjacent to an activating group) is 1. The van der Waals surface area contributed by atoms with E-state index in [4.69, 9.17) is 9.47 Å². The van der Waals surface area contributed by atoms with Gasteiger partial charge >= 0.3 is 0 Å². The third-order valence-corrected chi connectivity index (χ3v) is 2.95. The minimum Gasteiger partial charge on any atom is -0.496 e. The molecule has 1 unspecified atom stereocenters. The number of benzene rings is 1. The van der Waals surface area contributed by atoms with Crippen molar-refractivity contribution in [3.8, 4) is 5.75 Å². The van der Waals surface area contributed by atoms with Crippen molar-refractivity contribution in [3.05, 3.63) is 29.3 Å². The van der Waals surface area contributed by atoms with Gasteiger partial charge in [0.25, 0.3) is 0 Å². The van der Waals surface area contributed by atoms with Crippen LogP contribution in [0, 0.1) is 0 Å². The predicted molar refractivity (Wildman–Crippen MR) is 70.8 cm³/mol. The SMILES string of the molecule is CNCC(OC)c1ccc(C(C)C)cc1OC. The lowest BCUT2D eigenvalue weighted by atomic mass is 9.98. The molecule has 0 aliphatic heterocycles. The average Bonchev–Trinajstić information content (AvgIpc) is 2.35. The standard InChI is InChI=1S/C14H23NO2/c1-10(2)11-6-7-12(13(8-11)16-4)14(17-5)9-15-3/h6-8,10,14-15H,9H2,1-5H3. The first-order valence-electron chi connectivity index (χ1n) is 5.99. The third-order valence-electron chi connectivity index (χ3n) is 2.95. The fraction of sp³-hybridized carbons (Fsp3) is 0.571. The highest BCUT2D eigenvalue weighted by molar-refractivity contribution is 5.40. The van der Waals surface area contributed by atoms with E-state index in [1.165, 1.54) is 5.56 Å². The van der Waals surface area contributed by atoms with Gasteiger partial charge in [-0.2, -0.15) is 0 Å². The van der Waals surface area contributed by atoms with Crippen LogP contribution in [-0.4, -0.2) is 27.8 Å². The molecule has 0 aliphatic carbocycles. The molecule has 0 amide bonds. The molecule has 96 valence electrons. The molecule has 1 aromatic carbocycles. The Morgan fingerprint density at radius 1 is 1.24 bits per heavy atom. The van der Waals surface area contributed by atoms with Crippen molar-refractivity contribution in [1.82, 2.24) is 5.32 Å². The van der Waals surface area contributed by atoms with Crippen LogP contribution in [0.15, 0.2) is 18.2 Å². The van der Waals surface area contributed by atoms with Gasteiger partial charge < -0.3 is 14.8 Å². The zero-order chi connectivity index (χ0) is 12.8. The van der Waals surface area contributed by atoms with Crippen molar-refractivity contribution in [2.24, 2.45) is 0 Å². The lowest BCUT2D eigenvalue weighted by molar-refractivity contribution is 0.102. The van der Waals surface area contributed by atoms with Gasteiger partial charge in [0, 0.05) is 19.2 Å². The molecule has 0 fully saturated rings. The minimum atomic E-state index is 0.0242. The minimum absolute atomic E-state index is 0.0242. The maximum Gasteiger partial charge on any atom is 0.125 e. The van der Waals surface area contributed by atoms with Gasteiger partial charge in [-0.3, -0.25) is 0 Å². The highest BCUT2D eigenvalue weighted by atomic mass is 16.5. The number of hydrogen-bond donors (Lipinski definition) is 1. The fourth-order valence-corrected chi connectivity index (χ4v) is 1.86. The van der Waals surface area contributed by atoms with Crippen molar-refractivity contribution >= 4 is 0 Å². The molecule has 0 saturated carbocycles. The fourth-order valence-electron chi connectivity index (χ4n) is 1.86. The van der Waals surface area contributed by atoms with Crippen LogP contribution in [0.4, 0.5) is 0 Å². The van der Waals surface area contributed by atoms with E-state index in [9.17, 15) is 0 Å². The summed E-state index contributed by atoms with van der Waals surface area (Å²) in [4.78, 5) is 0. The van der Waals surface area contributed by atoms with E-state index in [2.05, 4.69) is 37.4 Å². The molecule has 17 heavy (non-hydrogen) atoms. The maximum absolute atomic E-state index is 5.48. The van der Waals surface area contributed by atoms with Crippen LogP contribution in [-0.2, 0) is 4.74 Å². The second-order valence-electron chi connectivity index (χ2n) is 4.44. The topological polar surface area (TPSA) is 30.5 Å². The molecular weight excluding hydrogens is 214 g/mol. The Labute approximate surface area is 104 Å². The summed E-state index contributed by atoms with van der Waals surface area (Å²) in [5, 5.41) is 3.13. The lowest BCUT2D eigenvalue weighted by Gasteiger charge is -2.19. The summed E-state index contributed by atoms with van der Waals surface area (Å²) in [6.45, 7) is 5.12. The zero-order valence-corrected chi connectivity index (χ0v) is 11.4. The second kappa shape index (κ2) is 6.62. The molecule has 0 radical (unpaired) electrons. The molecule has 1 aromatic rings. The predicted octanol–water partition coefficient (Wildman–Crippen LogP) is 2.73. The summed E-state index contributed by atoms with van der Waals surface area (Å²) in [6, 6.07) is 6.34. The van der Waals surface area contributed by atoms with Crippen molar-refractivity contribution in [2.75, 3.05) is 27.8 Å². The molecule has 0 aliphatic rings. The third kappa shape index (κ3) is 3.45. The molecule has 0 saturated heterocycles. The molecule has 0 bridgehead atoms. The second-order valence-corrected chi connectivity index (χ2v) is 4.44. The van der Waals surface area contributed by atoms with Gasteiger partial charge in [-0.25, -0.2) is 0 Å². The van der Waals surface area contributed by atoms with E-state index in [-0.39, 0.29) is 6.10 Å². The van der Waals surface area contributed by atoms with Crippen LogP contribution in [0.5, 0.6) is 5.75 Å². The molecule has 0 aromatic heterocycles. The zero-order valence-electron chi connectivity index (χ0n) is 11.4. The number of methoxy groups -OCH3 is 2. The van der Waals surface area contributed by atoms with Crippen LogP contribution in [0.2, 0.25) is 0 Å². The normalized spacial score (nSPS) is 12.8. The van der Waals surface area contributed by atoms with Gasteiger partial charge in [-0.05, 0) is 24.6 Å². The number of hydrogen-bond acceptors (Lipinski definition) is 3. The molecule has 0 heterocycles. The van der Waals surface area contributed by atoms with Gasteiger partial charge in [0.1, 0.15) is 5.75 Å². The van der Waals surface area contributed by atoms with Gasteiger partial charge in [0.15, 0.2) is 0 Å². The van der Waals surface area contributed by atoms with Crippen LogP contribution in [0.25, 0.3) is 0 Å². The van der Waals surface area contributed by atoms with Crippen molar-refractivity contribution in [2.45, 2.75) is 25.9 Å². The molecule has 1 atom stereocenters. The Balaban J connectivity index is 3.06. The summed E-state index contributed by atoms with van der Waals surface area (Å²) in [6.07, 6.45) is 0.0242. The first-order valence-corrected chi connectivity index (χ1v) is 5.99. The largest absolute Gasteiger partial charge is 0.496 e. The number of rotatable bonds is 6. The molecule has 1 rings (SSSR count). The first kappa shape index (κ1) is 14.0. The number of ether oxygens (including phenoxy) is 2. The highest BCUT2D eigenvalue weighted by Crippen LogP contribution is 2.30. The van der Waals surface area contributed by atoms with E-state index in [0.29, 0.717) is 5.92 Å². The van der Waals surface area contributed by atoms with E-state index in [1.807, 2.05) is 7.05 Å². The van der Waals surface area contributed by atoms with Crippen molar-refractivity contribution in [3.63, 3.8) is 0 Å². The summed E-state index contributed by atoms with van der Waals surface area (Å²) in [5.74, 6) is 1.40. The highest BCUT2D eigenvalue weighted by Gasteiger charge is 2.15. The Hall–Kier alpha value is -1.06. The molecule has 1 N–H and O–H groups in total. The number of nitrogens with one attached hydrogen (secondary N) is 1. The van der Waals surface area contributed by atoms with Crippen LogP contribution >= 0.6 is 0 Å². The molecule has 3 nitrogen and oxygen atoms in total. The molecule has 3 heteroatoms. The first-order chi connectivity index (χ1) is 8.13. The van der Waals surface area contributed by atoms with E-state index < -0.39 is 0 Å².